The van der Waals surface area contributed by atoms with E-state index in [1.54, 1.807) is 36.5 Å². The lowest BCUT2D eigenvalue weighted by molar-refractivity contribution is -0.144. The van der Waals surface area contributed by atoms with Crippen LogP contribution in [0.4, 0.5) is 0 Å². The maximum Gasteiger partial charge on any atom is 0.325 e. The summed E-state index contributed by atoms with van der Waals surface area (Å²) in [4.78, 5) is 17.3. The first kappa shape index (κ1) is 18.7. The largest absolute Gasteiger partial charge is 0.480 e. The van der Waals surface area contributed by atoms with Crippen molar-refractivity contribution in [1.29, 1.82) is 0 Å². The lowest BCUT2D eigenvalue weighted by Gasteiger charge is -2.37. The minimum absolute atomic E-state index is 0.253. The number of benzene rings is 2. The van der Waals surface area contributed by atoms with Crippen molar-refractivity contribution >= 4 is 26.9 Å². The third kappa shape index (κ3) is 3.30. The Morgan fingerprint density at radius 1 is 0.964 bits per heavy atom. The van der Waals surface area contributed by atoms with Gasteiger partial charge in [-0.05, 0) is 18.2 Å². The van der Waals surface area contributed by atoms with Gasteiger partial charge in [0.05, 0.1) is 4.90 Å². The zero-order valence-electron chi connectivity index (χ0n) is 15.2. The highest BCUT2D eigenvalue weighted by Gasteiger charge is 2.35. The van der Waals surface area contributed by atoms with E-state index in [0.717, 1.165) is 10.9 Å². The average Bonchev–Trinajstić information content (AvgIpc) is 3.13. The zero-order chi connectivity index (χ0) is 19.7. The van der Waals surface area contributed by atoms with E-state index in [1.807, 2.05) is 29.2 Å². The molecule has 1 aliphatic heterocycles. The molecule has 1 unspecified atom stereocenters. The van der Waals surface area contributed by atoms with E-state index in [4.69, 9.17) is 0 Å². The van der Waals surface area contributed by atoms with Gasteiger partial charge in [0.1, 0.15) is 6.04 Å². The number of nitrogens with one attached hydrogen (secondary N) is 1. The number of rotatable bonds is 5. The molecule has 0 saturated carbocycles. The van der Waals surface area contributed by atoms with Crippen molar-refractivity contribution in [1.82, 2.24) is 14.2 Å². The first-order valence-electron chi connectivity index (χ1n) is 9.06. The summed E-state index contributed by atoms with van der Waals surface area (Å²) < 4.78 is 27.0. The first-order chi connectivity index (χ1) is 13.5. The molecule has 0 aliphatic carbocycles. The van der Waals surface area contributed by atoms with Crippen LogP contribution in [-0.4, -0.2) is 59.9 Å². The van der Waals surface area contributed by atoms with Gasteiger partial charge in [-0.25, -0.2) is 8.42 Å². The molecule has 1 fully saturated rings. The first-order valence-corrected chi connectivity index (χ1v) is 10.5. The number of piperazine rings is 1. The Morgan fingerprint density at radius 3 is 2.29 bits per heavy atom. The summed E-state index contributed by atoms with van der Waals surface area (Å²) in [6.45, 7) is 1.21. The molecule has 0 radical (unpaired) electrons. The fraction of sp³-hybridized carbons (Fsp3) is 0.250. The highest BCUT2D eigenvalue weighted by Crippen LogP contribution is 2.30. The van der Waals surface area contributed by atoms with Gasteiger partial charge in [0.25, 0.3) is 0 Å². The number of carbonyl (C=O) groups is 1. The van der Waals surface area contributed by atoms with Crippen LogP contribution in [0.25, 0.3) is 10.9 Å². The zero-order valence-corrected chi connectivity index (χ0v) is 16.0. The SMILES string of the molecule is O=C(O)C(c1c[nH]c2ccccc12)N1CCN(S(=O)(=O)c2ccccc2)CC1. The van der Waals surface area contributed by atoms with Crippen LogP contribution < -0.4 is 0 Å². The standard InChI is InChI=1S/C20H21N3O4S/c24-20(25)19(17-14-21-18-9-5-4-8-16(17)18)22-10-12-23(13-11-22)28(26,27)15-6-2-1-3-7-15/h1-9,14,19,21H,10-13H2,(H,24,25). The Hall–Kier alpha value is -2.68. The summed E-state index contributed by atoms with van der Waals surface area (Å²) in [5.74, 6) is -0.941. The number of hydrogen-bond donors (Lipinski definition) is 2. The molecule has 3 aromatic rings. The van der Waals surface area contributed by atoms with Gasteiger partial charge in [0, 0.05) is 48.8 Å². The summed E-state index contributed by atoms with van der Waals surface area (Å²) in [5.41, 5.74) is 1.58. The number of fused-ring (bicyclic) bond motifs is 1. The number of sulfonamides is 1. The molecule has 4 rings (SSSR count). The lowest BCUT2D eigenvalue weighted by Crippen LogP contribution is -2.50. The monoisotopic (exact) mass is 399 g/mol. The maximum absolute atomic E-state index is 12.8. The quantitative estimate of drug-likeness (QED) is 0.687. The molecule has 2 aromatic carbocycles. The van der Waals surface area contributed by atoms with E-state index < -0.39 is 22.0 Å². The third-order valence-corrected chi connectivity index (χ3v) is 7.08. The summed E-state index contributed by atoms with van der Waals surface area (Å²) in [7, 11) is -3.57. The Labute approximate surface area is 163 Å². The Bertz CT molecular complexity index is 1090. The molecule has 1 aliphatic rings. The van der Waals surface area contributed by atoms with Gasteiger partial charge in [-0.1, -0.05) is 36.4 Å². The van der Waals surface area contributed by atoms with Crippen LogP contribution >= 0.6 is 0 Å². The summed E-state index contributed by atoms with van der Waals surface area (Å²) in [6.07, 6.45) is 1.73. The van der Waals surface area contributed by atoms with Crippen molar-refractivity contribution < 1.29 is 18.3 Å². The van der Waals surface area contributed by atoms with Crippen molar-refractivity contribution in [3.05, 3.63) is 66.4 Å². The molecule has 1 saturated heterocycles. The van der Waals surface area contributed by atoms with Gasteiger partial charge in [0.15, 0.2) is 0 Å². The van der Waals surface area contributed by atoms with E-state index in [-0.39, 0.29) is 18.0 Å². The van der Waals surface area contributed by atoms with Crippen LogP contribution in [0.1, 0.15) is 11.6 Å². The van der Waals surface area contributed by atoms with Crippen molar-refractivity contribution in [2.75, 3.05) is 26.2 Å². The van der Waals surface area contributed by atoms with Crippen molar-refractivity contribution in [3.63, 3.8) is 0 Å². The Balaban J connectivity index is 1.55. The van der Waals surface area contributed by atoms with Crippen molar-refractivity contribution in [2.24, 2.45) is 0 Å². The van der Waals surface area contributed by atoms with Crippen LogP contribution in [0.3, 0.4) is 0 Å². The van der Waals surface area contributed by atoms with E-state index in [2.05, 4.69) is 4.98 Å². The molecule has 0 spiro atoms. The number of aromatic amines is 1. The van der Waals surface area contributed by atoms with Crippen molar-refractivity contribution in [2.45, 2.75) is 10.9 Å². The Morgan fingerprint density at radius 2 is 1.61 bits per heavy atom. The number of para-hydroxylation sites is 1. The predicted octanol–water partition coefficient (Wildman–Crippen LogP) is 2.30. The molecule has 8 heteroatoms. The van der Waals surface area contributed by atoms with Gasteiger partial charge in [-0.2, -0.15) is 4.31 Å². The number of carboxylic acids is 1. The smallest absolute Gasteiger partial charge is 0.325 e. The fourth-order valence-corrected chi connectivity index (χ4v) is 5.19. The molecule has 0 bridgehead atoms. The van der Waals surface area contributed by atoms with Crippen LogP contribution in [0, 0.1) is 0 Å². The molecule has 28 heavy (non-hydrogen) atoms. The molecule has 146 valence electrons. The number of aliphatic carboxylic acids is 1. The average molecular weight is 399 g/mol. The van der Waals surface area contributed by atoms with E-state index in [1.165, 1.54) is 4.31 Å². The van der Waals surface area contributed by atoms with Gasteiger partial charge >= 0.3 is 5.97 Å². The number of carboxylic acid groups (broad SMARTS) is 1. The van der Waals surface area contributed by atoms with Crippen molar-refractivity contribution in [3.8, 4) is 0 Å². The number of nitrogens with zero attached hydrogens (tertiary/aromatic N) is 2. The second-order valence-corrected chi connectivity index (χ2v) is 8.72. The third-order valence-electron chi connectivity index (χ3n) is 5.17. The van der Waals surface area contributed by atoms with Gasteiger partial charge in [0.2, 0.25) is 10.0 Å². The maximum atomic E-state index is 12.8. The van der Waals surface area contributed by atoms with Crippen LogP contribution in [-0.2, 0) is 14.8 Å². The molecular formula is C20H21N3O4S. The summed E-state index contributed by atoms with van der Waals surface area (Å²) in [5, 5.41) is 10.7. The van der Waals surface area contributed by atoms with E-state index >= 15 is 0 Å². The lowest BCUT2D eigenvalue weighted by atomic mass is 10.0. The van der Waals surface area contributed by atoms with Gasteiger partial charge < -0.3 is 10.1 Å². The minimum atomic E-state index is -3.57. The normalized spacial score (nSPS) is 17.6. The molecule has 2 N–H and O–H groups in total. The Kier molecular flexibility index (Phi) is 4.92. The van der Waals surface area contributed by atoms with Gasteiger partial charge in [-0.3, -0.25) is 9.69 Å². The topological polar surface area (TPSA) is 93.7 Å². The second kappa shape index (κ2) is 7.38. The summed E-state index contributed by atoms with van der Waals surface area (Å²) >= 11 is 0. The molecule has 0 amide bonds. The number of hydrogen-bond acceptors (Lipinski definition) is 4. The predicted molar refractivity (Wildman–Crippen MR) is 105 cm³/mol. The number of H-pyrrole nitrogens is 1. The van der Waals surface area contributed by atoms with Gasteiger partial charge in [-0.15, -0.1) is 0 Å². The molecule has 2 heterocycles. The fourth-order valence-electron chi connectivity index (χ4n) is 3.75. The summed E-state index contributed by atoms with van der Waals surface area (Å²) in [6, 6.07) is 15.1. The van der Waals surface area contributed by atoms with Crippen LogP contribution in [0.15, 0.2) is 65.7 Å². The molecule has 1 atom stereocenters. The van der Waals surface area contributed by atoms with E-state index in [9.17, 15) is 18.3 Å². The second-order valence-electron chi connectivity index (χ2n) is 6.78. The highest BCUT2D eigenvalue weighted by atomic mass is 32.2. The highest BCUT2D eigenvalue weighted by molar-refractivity contribution is 7.89. The molecule has 1 aromatic heterocycles. The van der Waals surface area contributed by atoms with E-state index in [0.29, 0.717) is 18.7 Å². The molecule has 7 nitrogen and oxygen atoms in total. The van der Waals surface area contributed by atoms with Crippen LogP contribution in [0.5, 0.6) is 0 Å². The number of aromatic nitrogens is 1. The van der Waals surface area contributed by atoms with Crippen LogP contribution in [0.2, 0.25) is 0 Å². The molecular weight excluding hydrogens is 378 g/mol. The minimum Gasteiger partial charge on any atom is -0.480 e.